The minimum atomic E-state index is -4.50. The van der Waals surface area contributed by atoms with Crippen LogP contribution in [0.3, 0.4) is 0 Å². The van der Waals surface area contributed by atoms with Gasteiger partial charge in [0.1, 0.15) is 5.69 Å². The Hall–Kier alpha value is -2.39. The summed E-state index contributed by atoms with van der Waals surface area (Å²) in [5.74, 6) is -0.297. The van der Waals surface area contributed by atoms with Crippen LogP contribution in [0.5, 0.6) is 0 Å². The molecule has 128 valence electrons. The SMILES string of the molecule is O=C(Nc1ccc(-n2nccc2C(F)(F)F)cc1)C1CC(O)CN1. The smallest absolute Gasteiger partial charge is 0.392 e. The third kappa shape index (κ3) is 3.41. The molecule has 2 aromatic rings. The fourth-order valence-electron chi connectivity index (χ4n) is 2.56. The van der Waals surface area contributed by atoms with Gasteiger partial charge in [-0.3, -0.25) is 4.79 Å². The van der Waals surface area contributed by atoms with E-state index in [1.54, 1.807) is 0 Å². The molecule has 2 heterocycles. The van der Waals surface area contributed by atoms with Crippen molar-refractivity contribution in [1.82, 2.24) is 15.1 Å². The first-order chi connectivity index (χ1) is 11.3. The van der Waals surface area contributed by atoms with Crippen LogP contribution in [-0.4, -0.2) is 39.5 Å². The molecule has 3 N–H and O–H groups in total. The lowest BCUT2D eigenvalue weighted by Crippen LogP contribution is -2.35. The number of β-amino-alcohol motifs (C(OH)–C–C–N with tert-alkyl or cyclic N) is 1. The van der Waals surface area contributed by atoms with Gasteiger partial charge in [0, 0.05) is 12.2 Å². The Morgan fingerprint density at radius 2 is 2.00 bits per heavy atom. The number of benzene rings is 1. The van der Waals surface area contributed by atoms with Crippen LogP contribution in [-0.2, 0) is 11.0 Å². The minimum absolute atomic E-state index is 0.236. The van der Waals surface area contributed by atoms with E-state index in [0.717, 1.165) is 16.9 Å². The maximum atomic E-state index is 12.9. The molecule has 1 amide bonds. The standard InChI is InChI=1S/C15H15F3N4O2/c16-15(17,18)13-5-6-20-22(13)10-3-1-9(2-4-10)21-14(24)12-7-11(23)8-19-12/h1-6,11-12,19,23H,7-8H2,(H,21,24). The highest BCUT2D eigenvalue weighted by Crippen LogP contribution is 2.30. The minimum Gasteiger partial charge on any atom is -0.392 e. The molecule has 0 bridgehead atoms. The van der Waals surface area contributed by atoms with Gasteiger partial charge in [-0.25, -0.2) is 4.68 Å². The Morgan fingerprint density at radius 1 is 1.29 bits per heavy atom. The van der Waals surface area contributed by atoms with Crippen LogP contribution >= 0.6 is 0 Å². The Morgan fingerprint density at radius 3 is 2.58 bits per heavy atom. The molecule has 1 aromatic carbocycles. The van der Waals surface area contributed by atoms with Crippen molar-refractivity contribution < 1.29 is 23.1 Å². The first-order valence-electron chi connectivity index (χ1n) is 7.28. The summed E-state index contributed by atoms with van der Waals surface area (Å²) >= 11 is 0. The second-order valence-electron chi connectivity index (χ2n) is 5.51. The van der Waals surface area contributed by atoms with Gasteiger partial charge >= 0.3 is 6.18 Å². The van der Waals surface area contributed by atoms with E-state index in [1.165, 1.54) is 24.3 Å². The number of rotatable bonds is 3. The van der Waals surface area contributed by atoms with Crippen molar-refractivity contribution in [2.24, 2.45) is 0 Å². The van der Waals surface area contributed by atoms with Gasteiger partial charge in [0.25, 0.3) is 0 Å². The largest absolute Gasteiger partial charge is 0.433 e. The summed E-state index contributed by atoms with van der Waals surface area (Å²) in [6, 6.07) is 6.29. The fourth-order valence-corrected chi connectivity index (χ4v) is 2.56. The van der Waals surface area contributed by atoms with Gasteiger partial charge in [0.05, 0.1) is 24.0 Å². The van der Waals surface area contributed by atoms with Crippen molar-refractivity contribution in [3.63, 3.8) is 0 Å². The fraction of sp³-hybridized carbons (Fsp3) is 0.333. The highest BCUT2D eigenvalue weighted by molar-refractivity contribution is 5.95. The number of carbonyl (C=O) groups excluding carboxylic acids is 1. The highest BCUT2D eigenvalue weighted by atomic mass is 19.4. The Balaban J connectivity index is 1.72. The van der Waals surface area contributed by atoms with Crippen molar-refractivity contribution in [1.29, 1.82) is 0 Å². The summed E-state index contributed by atoms with van der Waals surface area (Å²) in [7, 11) is 0. The zero-order chi connectivity index (χ0) is 17.3. The first kappa shape index (κ1) is 16.5. The molecule has 24 heavy (non-hydrogen) atoms. The van der Waals surface area contributed by atoms with E-state index >= 15 is 0 Å². The van der Waals surface area contributed by atoms with E-state index in [0.29, 0.717) is 18.7 Å². The number of anilines is 1. The van der Waals surface area contributed by atoms with Crippen molar-refractivity contribution in [3.8, 4) is 5.69 Å². The van der Waals surface area contributed by atoms with Gasteiger partial charge < -0.3 is 15.7 Å². The maximum absolute atomic E-state index is 12.9. The third-order valence-corrected chi connectivity index (χ3v) is 3.74. The van der Waals surface area contributed by atoms with Crippen LogP contribution in [0.1, 0.15) is 12.1 Å². The monoisotopic (exact) mass is 340 g/mol. The van der Waals surface area contributed by atoms with E-state index in [9.17, 15) is 23.1 Å². The summed E-state index contributed by atoms with van der Waals surface area (Å²) < 4.78 is 39.4. The molecule has 1 aliphatic rings. The summed E-state index contributed by atoms with van der Waals surface area (Å²) in [6.45, 7) is 0.358. The number of amides is 1. The first-order valence-corrected chi connectivity index (χ1v) is 7.28. The summed E-state index contributed by atoms with van der Waals surface area (Å²) in [4.78, 5) is 12.0. The molecule has 9 heteroatoms. The van der Waals surface area contributed by atoms with Crippen LogP contribution in [0.15, 0.2) is 36.5 Å². The topological polar surface area (TPSA) is 79.2 Å². The normalized spacial score (nSPS) is 21.0. The molecule has 0 spiro atoms. The molecular formula is C15H15F3N4O2. The lowest BCUT2D eigenvalue weighted by molar-refractivity contribution is -0.142. The molecule has 1 aromatic heterocycles. The summed E-state index contributed by atoms with van der Waals surface area (Å²) in [5, 5.41) is 18.6. The average Bonchev–Trinajstić information content (AvgIpc) is 3.16. The number of nitrogens with zero attached hydrogens (tertiary/aromatic N) is 2. The van der Waals surface area contributed by atoms with Gasteiger partial charge in [0.2, 0.25) is 5.91 Å². The Labute approximate surface area is 135 Å². The molecule has 1 saturated heterocycles. The number of hydrogen-bond donors (Lipinski definition) is 3. The van der Waals surface area contributed by atoms with Gasteiger partial charge in [-0.1, -0.05) is 0 Å². The van der Waals surface area contributed by atoms with E-state index in [2.05, 4.69) is 15.7 Å². The molecule has 2 unspecified atom stereocenters. The maximum Gasteiger partial charge on any atom is 0.433 e. The van der Waals surface area contributed by atoms with E-state index in [-0.39, 0.29) is 11.6 Å². The van der Waals surface area contributed by atoms with E-state index in [4.69, 9.17) is 0 Å². The number of alkyl halides is 3. The predicted molar refractivity (Wildman–Crippen MR) is 79.6 cm³/mol. The van der Waals surface area contributed by atoms with Crippen LogP contribution in [0.4, 0.5) is 18.9 Å². The zero-order valence-electron chi connectivity index (χ0n) is 12.4. The van der Waals surface area contributed by atoms with E-state index < -0.39 is 24.0 Å². The van der Waals surface area contributed by atoms with Gasteiger partial charge in [-0.15, -0.1) is 0 Å². The van der Waals surface area contributed by atoms with Crippen molar-refractivity contribution in [3.05, 3.63) is 42.2 Å². The molecule has 3 rings (SSSR count). The number of aliphatic hydroxyl groups is 1. The molecule has 6 nitrogen and oxygen atoms in total. The number of nitrogens with one attached hydrogen (secondary N) is 2. The average molecular weight is 340 g/mol. The van der Waals surface area contributed by atoms with Crippen molar-refractivity contribution in [2.45, 2.75) is 24.7 Å². The lowest BCUT2D eigenvalue weighted by Gasteiger charge is -2.13. The summed E-state index contributed by atoms with van der Waals surface area (Å²) in [6.07, 6.45) is -3.65. The van der Waals surface area contributed by atoms with Crippen LogP contribution < -0.4 is 10.6 Å². The van der Waals surface area contributed by atoms with Crippen LogP contribution in [0.25, 0.3) is 5.69 Å². The van der Waals surface area contributed by atoms with Crippen LogP contribution in [0, 0.1) is 0 Å². The van der Waals surface area contributed by atoms with Gasteiger partial charge in [-0.2, -0.15) is 18.3 Å². The predicted octanol–water partition coefficient (Wildman–Crippen LogP) is 1.55. The quantitative estimate of drug-likeness (QED) is 0.792. The number of aliphatic hydroxyl groups excluding tert-OH is 1. The second kappa shape index (κ2) is 6.25. The molecule has 0 radical (unpaired) electrons. The molecule has 2 atom stereocenters. The number of aromatic nitrogens is 2. The lowest BCUT2D eigenvalue weighted by atomic mass is 10.2. The molecular weight excluding hydrogens is 325 g/mol. The molecule has 1 fully saturated rings. The highest BCUT2D eigenvalue weighted by Gasteiger charge is 2.35. The third-order valence-electron chi connectivity index (χ3n) is 3.74. The summed E-state index contributed by atoms with van der Waals surface area (Å²) in [5.41, 5.74) is -0.184. The molecule has 0 aliphatic carbocycles. The van der Waals surface area contributed by atoms with Crippen molar-refractivity contribution >= 4 is 11.6 Å². The van der Waals surface area contributed by atoms with Crippen LogP contribution in [0.2, 0.25) is 0 Å². The van der Waals surface area contributed by atoms with E-state index in [1.807, 2.05) is 0 Å². The Kier molecular flexibility index (Phi) is 4.29. The second-order valence-corrected chi connectivity index (χ2v) is 5.51. The zero-order valence-corrected chi connectivity index (χ0v) is 12.4. The number of halogens is 3. The van der Waals surface area contributed by atoms with Gasteiger partial charge in [-0.05, 0) is 36.8 Å². The number of carbonyl (C=O) groups is 1. The van der Waals surface area contributed by atoms with Crippen molar-refractivity contribution in [2.75, 3.05) is 11.9 Å². The number of hydrogen-bond acceptors (Lipinski definition) is 4. The Bertz CT molecular complexity index is 727. The van der Waals surface area contributed by atoms with Gasteiger partial charge in [0.15, 0.2) is 0 Å². The molecule has 0 saturated carbocycles. The molecule has 1 aliphatic heterocycles.